The second kappa shape index (κ2) is 15.1. The highest BCUT2D eigenvalue weighted by atomic mass is 16.8. The molecule has 14 heteroatoms. The molecule has 0 aliphatic heterocycles. The lowest BCUT2D eigenvalue weighted by Gasteiger charge is -2.15. The van der Waals surface area contributed by atoms with Crippen LogP contribution in [0.3, 0.4) is 0 Å². The SMILES string of the molecule is CC(C)COC(=O)C(C)NC1C(CCOC(C)Cn2cnc3c(N)ncnc32)C1OCOCOC(=O)OC(C)C. The summed E-state index contributed by atoms with van der Waals surface area (Å²) >= 11 is 0. The van der Waals surface area contributed by atoms with E-state index in [-0.39, 0.29) is 55.7 Å². The lowest BCUT2D eigenvalue weighted by molar-refractivity contribution is -0.147. The first-order chi connectivity index (χ1) is 19.1. The van der Waals surface area contributed by atoms with Crippen LogP contribution in [0.4, 0.5) is 10.6 Å². The molecule has 40 heavy (non-hydrogen) atoms. The summed E-state index contributed by atoms with van der Waals surface area (Å²) in [5.41, 5.74) is 7.09. The number of hydrogen-bond donors (Lipinski definition) is 2. The topological polar surface area (TPSA) is 171 Å². The number of carbonyl (C=O) groups excluding carboxylic acids is 2. The van der Waals surface area contributed by atoms with Crippen LogP contribution in [0, 0.1) is 11.8 Å². The van der Waals surface area contributed by atoms with Crippen LogP contribution in [0.1, 0.15) is 48.0 Å². The van der Waals surface area contributed by atoms with Crippen LogP contribution in [0.5, 0.6) is 0 Å². The van der Waals surface area contributed by atoms with Crippen molar-refractivity contribution in [3.8, 4) is 0 Å². The Labute approximate surface area is 234 Å². The second-order valence-corrected chi connectivity index (χ2v) is 10.5. The summed E-state index contributed by atoms with van der Waals surface area (Å²) in [6.07, 6.45) is 2.36. The lowest BCUT2D eigenvalue weighted by atomic mass is 10.2. The van der Waals surface area contributed by atoms with Gasteiger partial charge in [0.1, 0.15) is 17.9 Å². The molecule has 1 aliphatic rings. The number of imidazole rings is 1. The normalized spacial score (nSPS) is 20.1. The zero-order valence-electron chi connectivity index (χ0n) is 24.1. The largest absolute Gasteiger partial charge is 0.510 e. The van der Waals surface area contributed by atoms with Gasteiger partial charge in [0.2, 0.25) is 0 Å². The maximum absolute atomic E-state index is 12.4. The quantitative estimate of drug-likeness (QED) is 0.162. The Hall–Kier alpha value is -3.07. The first-order valence-corrected chi connectivity index (χ1v) is 13.5. The van der Waals surface area contributed by atoms with E-state index in [0.717, 1.165) is 0 Å². The first-order valence-electron chi connectivity index (χ1n) is 13.5. The number of fused-ring (bicyclic) bond motifs is 1. The van der Waals surface area contributed by atoms with Crippen molar-refractivity contribution in [2.75, 3.05) is 32.5 Å². The van der Waals surface area contributed by atoms with E-state index in [1.54, 1.807) is 27.1 Å². The molecule has 2 heterocycles. The Kier molecular flexibility index (Phi) is 11.9. The van der Waals surface area contributed by atoms with E-state index in [4.69, 9.17) is 34.2 Å². The molecule has 0 spiro atoms. The van der Waals surface area contributed by atoms with E-state index in [9.17, 15) is 9.59 Å². The monoisotopic (exact) mass is 566 g/mol. The van der Waals surface area contributed by atoms with E-state index < -0.39 is 12.2 Å². The molecule has 1 fully saturated rings. The van der Waals surface area contributed by atoms with Crippen molar-refractivity contribution in [2.45, 2.75) is 84.9 Å². The van der Waals surface area contributed by atoms with Crippen molar-refractivity contribution >= 4 is 29.1 Å². The van der Waals surface area contributed by atoms with E-state index in [0.29, 0.717) is 43.2 Å². The molecule has 0 amide bonds. The number of nitrogens with zero attached hydrogens (tertiary/aromatic N) is 4. The summed E-state index contributed by atoms with van der Waals surface area (Å²) in [7, 11) is 0. The van der Waals surface area contributed by atoms with E-state index >= 15 is 0 Å². The van der Waals surface area contributed by atoms with Gasteiger partial charge in [0.25, 0.3) is 0 Å². The molecule has 3 N–H and O–H groups in total. The van der Waals surface area contributed by atoms with Gasteiger partial charge < -0.3 is 38.7 Å². The van der Waals surface area contributed by atoms with Gasteiger partial charge in [-0.25, -0.2) is 19.7 Å². The van der Waals surface area contributed by atoms with Gasteiger partial charge in [-0.1, -0.05) is 13.8 Å². The maximum Gasteiger partial charge on any atom is 0.510 e. The molecule has 224 valence electrons. The number of ether oxygens (including phenoxy) is 6. The van der Waals surface area contributed by atoms with Gasteiger partial charge in [0.05, 0.1) is 37.8 Å². The third-order valence-electron chi connectivity index (χ3n) is 6.12. The predicted octanol–water partition coefficient (Wildman–Crippen LogP) is 2.26. The third kappa shape index (κ3) is 9.54. The lowest BCUT2D eigenvalue weighted by Crippen LogP contribution is -2.39. The van der Waals surface area contributed by atoms with Crippen LogP contribution in [0.2, 0.25) is 0 Å². The van der Waals surface area contributed by atoms with Crippen LogP contribution in [-0.4, -0.2) is 88.8 Å². The van der Waals surface area contributed by atoms with Crippen molar-refractivity contribution in [2.24, 2.45) is 11.8 Å². The Morgan fingerprint density at radius 2 is 1.85 bits per heavy atom. The molecule has 1 aliphatic carbocycles. The summed E-state index contributed by atoms with van der Waals surface area (Å²) in [6.45, 7) is 12.2. The van der Waals surface area contributed by atoms with Gasteiger partial charge in [0.15, 0.2) is 25.1 Å². The zero-order valence-corrected chi connectivity index (χ0v) is 24.1. The van der Waals surface area contributed by atoms with Crippen LogP contribution in [-0.2, 0) is 39.8 Å². The molecular weight excluding hydrogens is 524 g/mol. The highest BCUT2D eigenvalue weighted by Gasteiger charge is 2.52. The fourth-order valence-corrected chi connectivity index (χ4v) is 4.11. The van der Waals surface area contributed by atoms with Gasteiger partial charge >= 0.3 is 12.1 Å². The van der Waals surface area contributed by atoms with Crippen LogP contribution in [0.25, 0.3) is 11.2 Å². The molecule has 5 unspecified atom stereocenters. The molecule has 3 rings (SSSR count). The number of rotatable bonds is 17. The summed E-state index contributed by atoms with van der Waals surface area (Å²) in [5, 5.41) is 3.30. The van der Waals surface area contributed by atoms with Gasteiger partial charge in [-0.05, 0) is 40.0 Å². The average Bonchev–Trinajstić information content (AvgIpc) is 3.34. The molecule has 2 aromatic heterocycles. The zero-order chi connectivity index (χ0) is 29.2. The van der Waals surface area contributed by atoms with Crippen molar-refractivity contribution in [3.05, 3.63) is 12.7 Å². The van der Waals surface area contributed by atoms with E-state index in [1.807, 2.05) is 25.3 Å². The molecule has 0 aromatic carbocycles. The number of aromatic nitrogens is 4. The molecule has 5 atom stereocenters. The van der Waals surface area contributed by atoms with Gasteiger partial charge in [-0.15, -0.1) is 0 Å². The molecular formula is C26H42N6O8. The number of esters is 1. The number of anilines is 1. The van der Waals surface area contributed by atoms with Crippen LogP contribution in [0.15, 0.2) is 12.7 Å². The summed E-state index contributed by atoms with van der Waals surface area (Å²) in [6, 6.07) is -0.591. The fraction of sp³-hybridized carbons (Fsp3) is 0.731. The molecule has 1 saturated carbocycles. The highest BCUT2D eigenvalue weighted by Crippen LogP contribution is 2.38. The Bertz CT molecular complexity index is 1100. The van der Waals surface area contributed by atoms with Crippen molar-refractivity contribution in [1.29, 1.82) is 0 Å². The minimum atomic E-state index is -0.807. The molecule has 0 bridgehead atoms. The number of nitrogens with one attached hydrogen (secondary N) is 1. The number of hydrogen-bond acceptors (Lipinski definition) is 13. The fourth-order valence-electron chi connectivity index (χ4n) is 4.11. The molecule has 0 radical (unpaired) electrons. The van der Waals surface area contributed by atoms with Gasteiger partial charge in [-0.3, -0.25) is 10.1 Å². The highest BCUT2D eigenvalue weighted by molar-refractivity contribution is 5.81. The summed E-state index contributed by atoms with van der Waals surface area (Å²) < 4.78 is 34.1. The standard InChI is InChI=1S/C26H42N6O8/c1-15(2)10-37-25(33)18(6)31-20-19(22(20)38-13-35-14-39-26(34)40-16(3)4)7-8-36-17(5)9-32-12-30-21-23(27)28-11-29-24(21)32/h11-12,15-20,22,31H,7-10,13-14H2,1-6H3,(H2,27,28,29). The number of nitrogen functional groups attached to an aromatic ring is 1. The Morgan fingerprint density at radius 1 is 1.07 bits per heavy atom. The van der Waals surface area contributed by atoms with Crippen molar-refractivity contribution in [3.63, 3.8) is 0 Å². The molecule has 2 aromatic rings. The van der Waals surface area contributed by atoms with Crippen LogP contribution >= 0.6 is 0 Å². The number of carbonyl (C=O) groups is 2. The van der Waals surface area contributed by atoms with Gasteiger partial charge in [-0.2, -0.15) is 0 Å². The maximum atomic E-state index is 12.4. The summed E-state index contributed by atoms with van der Waals surface area (Å²) in [4.78, 5) is 36.3. The Balaban J connectivity index is 1.46. The van der Waals surface area contributed by atoms with Crippen molar-refractivity contribution < 1.29 is 38.0 Å². The second-order valence-electron chi connectivity index (χ2n) is 10.5. The van der Waals surface area contributed by atoms with Gasteiger partial charge in [0, 0.05) is 18.6 Å². The Morgan fingerprint density at radius 3 is 2.58 bits per heavy atom. The average molecular weight is 567 g/mol. The smallest absolute Gasteiger partial charge is 0.464 e. The van der Waals surface area contributed by atoms with E-state index in [2.05, 4.69) is 20.3 Å². The van der Waals surface area contributed by atoms with Crippen molar-refractivity contribution in [1.82, 2.24) is 24.8 Å². The number of nitrogens with two attached hydrogens (primary N) is 1. The van der Waals surface area contributed by atoms with Crippen LogP contribution < -0.4 is 11.1 Å². The first kappa shape index (κ1) is 31.5. The summed E-state index contributed by atoms with van der Waals surface area (Å²) in [5.74, 6) is 0.365. The minimum Gasteiger partial charge on any atom is -0.464 e. The minimum absolute atomic E-state index is 0.0869. The third-order valence-corrected chi connectivity index (χ3v) is 6.12. The molecule has 0 saturated heterocycles. The van der Waals surface area contributed by atoms with E-state index in [1.165, 1.54) is 6.33 Å². The predicted molar refractivity (Wildman–Crippen MR) is 144 cm³/mol. The molecule has 14 nitrogen and oxygen atoms in total.